The zero-order valence-electron chi connectivity index (χ0n) is 20.9. The molecule has 0 bridgehead atoms. The van der Waals surface area contributed by atoms with E-state index in [4.69, 9.17) is 15.6 Å². The minimum atomic E-state index is -2.55. The molecule has 0 heterocycles. The first-order chi connectivity index (χ1) is 18.3. The number of anilines is 1. The first kappa shape index (κ1) is 28.2. The highest BCUT2D eigenvalue weighted by Gasteiger charge is 2.23. The lowest BCUT2D eigenvalue weighted by Crippen LogP contribution is -2.48. The number of benzene rings is 3. The lowest BCUT2D eigenvalue weighted by Gasteiger charge is -2.19. The number of carboxylic acids is 1. The van der Waals surface area contributed by atoms with E-state index in [2.05, 4.69) is 22.8 Å². The maximum Gasteiger partial charge on any atom is 0.378 e. The van der Waals surface area contributed by atoms with Gasteiger partial charge in [0.15, 0.2) is 0 Å². The van der Waals surface area contributed by atoms with E-state index >= 15 is 0 Å². The van der Waals surface area contributed by atoms with Gasteiger partial charge >= 0.3 is 12.3 Å². The van der Waals surface area contributed by atoms with Gasteiger partial charge in [0.1, 0.15) is 11.8 Å². The van der Waals surface area contributed by atoms with Crippen molar-refractivity contribution in [3.8, 4) is 5.75 Å². The number of amides is 2. The Bertz CT molecular complexity index is 1210. The molecule has 200 valence electrons. The second kappa shape index (κ2) is 14.4. The van der Waals surface area contributed by atoms with Crippen molar-refractivity contribution in [2.24, 2.45) is 0 Å². The van der Waals surface area contributed by atoms with E-state index in [-0.39, 0.29) is 36.1 Å². The van der Waals surface area contributed by atoms with Crippen LogP contribution in [0.3, 0.4) is 0 Å². The summed E-state index contributed by atoms with van der Waals surface area (Å²) in [5.41, 5.74) is 8.57. The average molecular weight is 522 g/mol. The van der Waals surface area contributed by atoms with Crippen LogP contribution in [0.1, 0.15) is 29.5 Å². The molecule has 0 radical (unpaired) electrons. The molecule has 0 spiro atoms. The van der Waals surface area contributed by atoms with E-state index in [0.717, 1.165) is 24.8 Å². The fraction of sp³-hybridized carbons (Fsp3) is 0.276. The van der Waals surface area contributed by atoms with Crippen molar-refractivity contribution < 1.29 is 28.6 Å². The third-order valence-electron chi connectivity index (χ3n) is 5.83. The van der Waals surface area contributed by atoms with Crippen LogP contribution in [0.25, 0.3) is 0 Å². The molecule has 8 nitrogen and oxygen atoms in total. The topological polar surface area (TPSA) is 131 Å². The van der Waals surface area contributed by atoms with Gasteiger partial charge < -0.3 is 26.2 Å². The van der Waals surface area contributed by atoms with Gasteiger partial charge in [0.2, 0.25) is 11.8 Å². The predicted octanol–water partition coefficient (Wildman–Crippen LogP) is 3.44. The minimum absolute atomic E-state index is 0.0158. The number of rotatable bonds is 14. The highest BCUT2D eigenvalue weighted by atomic mass is 19.1. The highest BCUT2D eigenvalue weighted by Crippen LogP contribution is 2.25. The summed E-state index contributed by atoms with van der Waals surface area (Å²) in [5, 5.41) is 14.4. The second-order valence-corrected chi connectivity index (χ2v) is 8.86. The number of alkyl halides is 1. The molecule has 9 heteroatoms. The van der Waals surface area contributed by atoms with E-state index in [0.29, 0.717) is 12.1 Å². The Kier molecular flexibility index (Phi) is 10.7. The number of nitrogen functional groups attached to an aromatic ring is 1. The van der Waals surface area contributed by atoms with Crippen LogP contribution in [-0.4, -0.2) is 41.8 Å². The van der Waals surface area contributed by atoms with Crippen LogP contribution < -0.4 is 21.1 Å². The lowest BCUT2D eigenvalue weighted by molar-refractivity contribution is -0.153. The van der Waals surface area contributed by atoms with Crippen LogP contribution in [0, 0.1) is 0 Å². The van der Waals surface area contributed by atoms with E-state index in [1.54, 1.807) is 6.07 Å². The largest absolute Gasteiger partial charge is 0.476 e. The summed E-state index contributed by atoms with van der Waals surface area (Å²) in [6.07, 6.45) is 0.268. The number of carboxylic acid groups (broad SMARTS) is 1. The van der Waals surface area contributed by atoms with E-state index < -0.39 is 18.4 Å². The third-order valence-corrected chi connectivity index (χ3v) is 5.83. The number of aliphatic carboxylic acids is 1. The van der Waals surface area contributed by atoms with Crippen molar-refractivity contribution in [1.82, 2.24) is 10.6 Å². The van der Waals surface area contributed by atoms with E-state index in [9.17, 15) is 18.8 Å². The SMILES string of the molecule is Nc1cc(C[C@H](NC(=O)Cc2ccccc2)C(=O)NCCCCc2ccccc2)ccc1OC(F)C(=O)O. The van der Waals surface area contributed by atoms with Crippen molar-refractivity contribution in [3.63, 3.8) is 0 Å². The maximum atomic E-state index is 13.4. The summed E-state index contributed by atoms with van der Waals surface area (Å²) in [6.45, 7) is 0.457. The monoisotopic (exact) mass is 521 g/mol. The van der Waals surface area contributed by atoms with Crippen LogP contribution in [0.15, 0.2) is 78.9 Å². The second-order valence-electron chi connectivity index (χ2n) is 8.86. The fourth-order valence-corrected chi connectivity index (χ4v) is 3.90. The van der Waals surface area contributed by atoms with Gasteiger partial charge in [-0.3, -0.25) is 9.59 Å². The normalized spacial score (nSPS) is 12.2. The molecule has 5 N–H and O–H groups in total. The van der Waals surface area contributed by atoms with Gasteiger partial charge in [-0.1, -0.05) is 66.7 Å². The van der Waals surface area contributed by atoms with Crippen molar-refractivity contribution in [3.05, 3.63) is 95.6 Å². The molecule has 0 saturated heterocycles. The highest BCUT2D eigenvalue weighted by molar-refractivity contribution is 5.88. The van der Waals surface area contributed by atoms with Crippen LogP contribution in [0.4, 0.5) is 10.1 Å². The number of carbonyl (C=O) groups is 3. The summed E-state index contributed by atoms with van der Waals surface area (Å²) >= 11 is 0. The van der Waals surface area contributed by atoms with Crippen LogP contribution in [-0.2, 0) is 33.6 Å². The van der Waals surface area contributed by atoms with Crippen molar-refractivity contribution in [1.29, 1.82) is 0 Å². The van der Waals surface area contributed by atoms with Crippen molar-refractivity contribution in [2.45, 2.75) is 44.5 Å². The Morgan fingerprint density at radius 2 is 1.55 bits per heavy atom. The number of ether oxygens (including phenoxy) is 1. The lowest BCUT2D eigenvalue weighted by atomic mass is 10.0. The Hall–Kier alpha value is -4.40. The number of nitrogens with two attached hydrogens (primary N) is 1. The van der Waals surface area contributed by atoms with E-state index in [1.807, 2.05) is 48.5 Å². The summed E-state index contributed by atoms with van der Waals surface area (Å²) in [4.78, 5) is 36.5. The fourth-order valence-electron chi connectivity index (χ4n) is 3.90. The molecule has 2 amide bonds. The first-order valence-electron chi connectivity index (χ1n) is 12.4. The molecule has 0 aliphatic rings. The molecule has 3 rings (SSSR count). The maximum absolute atomic E-state index is 13.4. The molecule has 1 unspecified atom stereocenters. The Labute approximate surface area is 221 Å². The molecular formula is C29H32FN3O5. The quantitative estimate of drug-likeness (QED) is 0.190. The summed E-state index contributed by atoms with van der Waals surface area (Å²) in [5.74, 6) is -2.54. The van der Waals surface area contributed by atoms with Crippen LogP contribution in [0.5, 0.6) is 5.75 Å². The third kappa shape index (κ3) is 9.24. The van der Waals surface area contributed by atoms with Crippen molar-refractivity contribution in [2.75, 3.05) is 12.3 Å². The van der Waals surface area contributed by atoms with Crippen LogP contribution in [0.2, 0.25) is 0 Å². The average Bonchev–Trinajstić information content (AvgIpc) is 2.90. The summed E-state index contributed by atoms with van der Waals surface area (Å²) in [6, 6.07) is 22.7. The number of hydrogen-bond acceptors (Lipinski definition) is 5. The molecule has 38 heavy (non-hydrogen) atoms. The minimum Gasteiger partial charge on any atom is -0.476 e. The van der Waals surface area contributed by atoms with Crippen molar-refractivity contribution >= 4 is 23.5 Å². The Morgan fingerprint density at radius 1 is 0.895 bits per heavy atom. The molecular weight excluding hydrogens is 489 g/mol. The van der Waals surface area contributed by atoms with Gasteiger partial charge in [-0.15, -0.1) is 0 Å². The molecule has 0 aliphatic heterocycles. The van der Waals surface area contributed by atoms with Gasteiger partial charge in [-0.05, 0) is 48.1 Å². The number of hydrogen-bond donors (Lipinski definition) is 4. The smallest absolute Gasteiger partial charge is 0.378 e. The van der Waals surface area contributed by atoms with Gasteiger partial charge in [0, 0.05) is 13.0 Å². The predicted molar refractivity (Wildman–Crippen MR) is 142 cm³/mol. The standard InChI is InChI=1S/C29H32FN3O5/c30-27(29(36)37)38-25-15-14-22(17-23(25)31)18-24(33-26(34)19-21-12-5-2-6-13-21)28(35)32-16-8-7-11-20-9-3-1-4-10-20/h1-6,9-10,12-15,17,24,27H,7-8,11,16,18-19,31H2,(H,32,35)(H,33,34)(H,36,37)/t24-,27?/m0/s1. The first-order valence-corrected chi connectivity index (χ1v) is 12.4. The molecule has 3 aromatic rings. The van der Waals surface area contributed by atoms with Gasteiger partial charge in [0.05, 0.1) is 12.1 Å². The number of carbonyl (C=O) groups excluding carboxylic acids is 2. The van der Waals surface area contributed by atoms with Crippen LogP contribution >= 0.6 is 0 Å². The number of aryl methyl sites for hydroxylation is 1. The van der Waals surface area contributed by atoms with E-state index in [1.165, 1.54) is 17.7 Å². The molecule has 0 saturated carbocycles. The molecule has 2 atom stereocenters. The summed E-state index contributed by atoms with van der Waals surface area (Å²) in [7, 11) is 0. The zero-order valence-corrected chi connectivity index (χ0v) is 20.9. The number of unbranched alkanes of at least 4 members (excludes halogenated alkanes) is 1. The van der Waals surface area contributed by atoms with Gasteiger partial charge in [-0.2, -0.15) is 4.39 Å². The van der Waals surface area contributed by atoms with Gasteiger partial charge in [0.25, 0.3) is 0 Å². The number of nitrogens with one attached hydrogen (secondary N) is 2. The molecule has 0 aliphatic carbocycles. The van der Waals surface area contributed by atoms with Gasteiger partial charge in [-0.25, -0.2) is 4.79 Å². The molecule has 3 aromatic carbocycles. The Morgan fingerprint density at radius 3 is 2.18 bits per heavy atom. The zero-order chi connectivity index (χ0) is 27.3. The molecule has 0 fully saturated rings. The molecule has 0 aromatic heterocycles. The summed E-state index contributed by atoms with van der Waals surface area (Å²) < 4.78 is 18.1. The Balaban J connectivity index is 1.62. The number of halogens is 1.